The molecule has 0 aromatic carbocycles. The Kier molecular flexibility index (Phi) is 5.83. The van der Waals surface area contributed by atoms with E-state index < -0.39 is 5.97 Å². The lowest BCUT2D eigenvalue weighted by molar-refractivity contribution is -0.141. The van der Waals surface area contributed by atoms with Crippen molar-refractivity contribution >= 4 is 11.8 Å². The summed E-state index contributed by atoms with van der Waals surface area (Å²) in [5.74, 6) is -0.450. The first-order chi connectivity index (χ1) is 8.50. The number of carbonyl (C=O) groups is 2. The van der Waals surface area contributed by atoms with Crippen LogP contribution in [0.3, 0.4) is 0 Å². The van der Waals surface area contributed by atoms with Crippen molar-refractivity contribution in [1.82, 2.24) is 0 Å². The Hall–Kier alpha value is -1.38. The van der Waals surface area contributed by atoms with E-state index in [1.54, 1.807) is 6.08 Å². The van der Waals surface area contributed by atoms with E-state index in [9.17, 15) is 9.59 Å². The molecule has 3 nitrogen and oxygen atoms in total. The molecule has 0 amide bonds. The summed E-state index contributed by atoms with van der Waals surface area (Å²) in [6.45, 7) is 5.69. The van der Waals surface area contributed by atoms with Gasteiger partial charge < -0.3 is 4.74 Å². The van der Waals surface area contributed by atoms with Crippen molar-refractivity contribution in [3.05, 3.63) is 23.3 Å². The van der Waals surface area contributed by atoms with Crippen LogP contribution < -0.4 is 0 Å². The highest BCUT2D eigenvalue weighted by molar-refractivity contribution is 6.16. The van der Waals surface area contributed by atoms with Gasteiger partial charge in [-0.15, -0.1) is 0 Å². The Morgan fingerprint density at radius 1 is 1.39 bits per heavy atom. The fraction of sp³-hybridized carbons (Fsp3) is 0.600. The summed E-state index contributed by atoms with van der Waals surface area (Å²) in [6.07, 6.45) is 8.07. The first-order valence-corrected chi connectivity index (χ1v) is 6.59. The van der Waals surface area contributed by atoms with Gasteiger partial charge in [0.1, 0.15) is 5.57 Å². The molecule has 1 aliphatic rings. The number of Topliss-reactive ketones (excluding diaryl/α,β-unsaturated/α-hetero) is 1. The van der Waals surface area contributed by atoms with Crippen LogP contribution in [0.25, 0.3) is 0 Å². The average molecular weight is 250 g/mol. The number of rotatable bonds is 5. The van der Waals surface area contributed by atoms with E-state index >= 15 is 0 Å². The maximum absolute atomic E-state index is 11.8. The van der Waals surface area contributed by atoms with Crippen molar-refractivity contribution in [1.29, 1.82) is 0 Å². The zero-order chi connectivity index (χ0) is 13.5. The smallest absolute Gasteiger partial charge is 0.341 e. The third kappa shape index (κ3) is 4.86. The molecule has 0 fully saturated rings. The molecule has 0 unspecified atom stereocenters. The molecule has 0 heterocycles. The molecule has 0 bridgehead atoms. The molecule has 1 aliphatic carbocycles. The standard InChI is InChI=1S/C15H22O3/c1-11(2)10-18-15(17)14(12(3)16)9-13-7-5-4-6-8-13/h7,9,11H,4-6,8,10H2,1-3H3. The molecule has 0 aliphatic heterocycles. The quantitative estimate of drug-likeness (QED) is 0.326. The van der Waals surface area contributed by atoms with Crippen LogP contribution in [0.5, 0.6) is 0 Å². The van der Waals surface area contributed by atoms with Crippen LogP contribution in [-0.2, 0) is 14.3 Å². The minimum Gasteiger partial charge on any atom is -0.462 e. The van der Waals surface area contributed by atoms with Crippen molar-refractivity contribution in [2.45, 2.75) is 46.5 Å². The van der Waals surface area contributed by atoms with Gasteiger partial charge in [0.2, 0.25) is 0 Å². The van der Waals surface area contributed by atoms with Gasteiger partial charge in [-0.1, -0.05) is 25.5 Å². The van der Waals surface area contributed by atoms with Crippen molar-refractivity contribution in [3.8, 4) is 0 Å². The van der Waals surface area contributed by atoms with Crippen LogP contribution in [-0.4, -0.2) is 18.4 Å². The number of ether oxygens (including phenoxy) is 1. The van der Waals surface area contributed by atoms with Crippen LogP contribution in [0.2, 0.25) is 0 Å². The van der Waals surface area contributed by atoms with E-state index in [1.165, 1.54) is 13.3 Å². The van der Waals surface area contributed by atoms with Gasteiger partial charge in [-0.2, -0.15) is 0 Å². The molecule has 0 aromatic rings. The molecule has 0 radical (unpaired) electrons. The molecule has 1 rings (SSSR count). The highest BCUT2D eigenvalue weighted by Gasteiger charge is 2.17. The summed E-state index contributed by atoms with van der Waals surface area (Å²) in [4.78, 5) is 23.3. The number of hydrogen-bond acceptors (Lipinski definition) is 3. The van der Waals surface area contributed by atoms with Crippen LogP contribution in [0.1, 0.15) is 46.5 Å². The predicted octanol–water partition coefficient (Wildman–Crippen LogP) is 3.20. The Morgan fingerprint density at radius 3 is 2.61 bits per heavy atom. The van der Waals surface area contributed by atoms with Gasteiger partial charge in [-0.05, 0) is 44.6 Å². The molecule has 0 atom stereocenters. The van der Waals surface area contributed by atoms with Gasteiger partial charge >= 0.3 is 5.97 Å². The second-order valence-corrected chi connectivity index (χ2v) is 5.13. The average Bonchev–Trinajstić information content (AvgIpc) is 2.34. The molecule has 18 heavy (non-hydrogen) atoms. The van der Waals surface area contributed by atoms with Crippen LogP contribution in [0.15, 0.2) is 23.3 Å². The van der Waals surface area contributed by atoms with E-state index in [1.807, 2.05) is 13.8 Å². The van der Waals surface area contributed by atoms with Gasteiger partial charge in [-0.25, -0.2) is 4.79 Å². The van der Waals surface area contributed by atoms with Crippen molar-refractivity contribution in [2.75, 3.05) is 6.61 Å². The van der Waals surface area contributed by atoms with Crippen molar-refractivity contribution < 1.29 is 14.3 Å². The monoisotopic (exact) mass is 250 g/mol. The topological polar surface area (TPSA) is 43.4 Å². The van der Waals surface area contributed by atoms with E-state index in [-0.39, 0.29) is 17.3 Å². The van der Waals surface area contributed by atoms with Crippen LogP contribution in [0.4, 0.5) is 0 Å². The zero-order valence-electron chi connectivity index (χ0n) is 11.5. The lowest BCUT2D eigenvalue weighted by Gasteiger charge is -2.11. The Balaban J connectivity index is 2.75. The number of ketones is 1. The molecule has 0 spiro atoms. The van der Waals surface area contributed by atoms with Crippen LogP contribution >= 0.6 is 0 Å². The highest BCUT2D eigenvalue weighted by atomic mass is 16.5. The summed E-state index contributed by atoms with van der Waals surface area (Å²) in [7, 11) is 0. The van der Waals surface area contributed by atoms with Crippen molar-refractivity contribution in [2.24, 2.45) is 5.92 Å². The van der Waals surface area contributed by atoms with Gasteiger partial charge in [0.15, 0.2) is 5.78 Å². The summed E-state index contributed by atoms with van der Waals surface area (Å²) in [5.41, 5.74) is 1.25. The van der Waals surface area contributed by atoms with Crippen LogP contribution in [0, 0.1) is 5.92 Å². The Labute approximate surface area is 109 Å². The van der Waals surface area contributed by atoms with Gasteiger partial charge in [0, 0.05) is 0 Å². The first kappa shape index (κ1) is 14.7. The molecule has 3 heteroatoms. The molecular weight excluding hydrogens is 228 g/mol. The third-order valence-corrected chi connectivity index (χ3v) is 2.80. The Bertz CT molecular complexity index is 375. The predicted molar refractivity (Wildman–Crippen MR) is 71.1 cm³/mol. The number of esters is 1. The number of allylic oxidation sites excluding steroid dienone is 3. The SMILES string of the molecule is CC(=O)C(=CC1=CCCCC1)C(=O)OCC(C)C. The second kappa shape index (κ2) is 7.14. The largest absolute Gasteiger partial charge is 0.462 e. The van der Waals surface area contributed by atoms with Gasteiger partial charge in [-0.3, -0.25) is 4.79 Å². The molecular formula is C15H22O3. The Morgan fingerprint density at radius 2 is 2.11 bits per heavy atom. The molecule has 100 valence electrons. The van der Waals surface area contributed by atoms with E-state index in [2.05, 4.69) is 6.08 Å². The lowest BCUT2D eigenvalue weighted by atomic mass is 9.97. The minimum absolute atomic E-state index is 0.170. The number of hydrogen-bond donors (Lipinski definition) is 0. The summed E-state index contributed by atoms with van der Waals surface area (Å²) >= 11 is 0. The molecule has 0 saturated carbocycles. The zero-order valence-corrected chi connectivity index (χ0v) is 11.5. The summed E-state index contributed by atoms with van der Waals surface area (Å²) in [5, 5.41) is 0. The van der Waals surface area contributed by atoms with E-state index in [4.69, 9.17) is 4.74 Å². The second-order valence-electron chi connectivity index (χ2n) is 5.13. The van der Waals surface area contributed by atoms with Crippen molar-refractivity contribution in [3.63, 3.8) is 0 Å². The van der Waals surface area contributed by atoms with E-state index in [0.29, 0.717) is 6.61 Å². The van der Waals surface area contributed by atoms with Gasteiger partial charge in [0.05, 0.1) is 6.61 Å². The number of carbonyl (C=O) groups excluding carboxylic acids is 2. The molecule has 0 N–H and O–H groups in total. The van der Waals surface area contributed by atoms with Gasteiger partial charge in [0.25, 0.3) is 0 Å². The summed E-state index contributed by atoms with van der Waals surface area (Å²) in [6, 6.07) is 0. The first-order valence-electron chi connectivity index (χ1n) is 6.59. The fourth-order valence-corrected chi connectivity index (χ4v) is 1.80. The lowest BCUT2D eigenvalue weighted by Crippen LogP contribution is -2.17. The third-order valence-electron chi connectivity index (χ3n) is 2.80. The molecule has 0 saturated heterocycles. The molecule has 0 aromatic heterocycles. The maximum Gasteiger partial charge on any atom is 0.341 e. The highest BCUT2D eigenvalue weighted by Crippen LogP contribution is 2.20. The fourth-order valence-electron chi connectivity index (χ4n) is 1.80. The maximum atomic E-state index is 11.8. The minimum atomic E-state index is -0.498. The van der Waals surface area contributed by atoms with E-state index in [0.717, 1.165) is 24.8 Å². The summed E-state index contributed by atoms with van der Waals surface area (Å²) < 4.78 is 5.11. The normalized spacial score (nSPS) is 16.4.